The second-order valence-corrected chi connectivity index (χ2v) is 6.45. The Balaban J connectivity index is 1.93. The smallest absolute Gasteiger partial charge is 0.220 e. The monoisotopic (exact) mass is 325 g/mol. The summed E-state index contributed by atoms with van der Waals surface area (Å²) in [5, 5.41) is 3.11. The molecule has 3 nitrogen and oxygen atoms in total. The Labute approximate surface area is 145 Å². The summed E-state index contributed by atoms with van der Waals surface area (Å²) in [6.45, 7) is 8.21. The van der Waals surface area contributed by atoms with Crippen molar-refractivity contribution in [1.82, 2.24) is 5.32 Å². The Morgan fingerprint density at radius 1 is 1.08 bits per heavy atom. The molecule has 0 aliphatic carbocycles. The third-order valence-corrected chi connectivity index (χ3v) is 4.38. The molecule has 0 heterocycles. The standard InChI is InChI=1S/C21H27NO2/c1-14-6-7-15(2)19(12-14)17(4)22-21(23)11-9-18-8-10-20(24-5)16(3)13-18/h6-8,10,12-13,17H,9,11H2,1-5H3,(H,22,23)/t17-/m1/s1. The minimum atomic E-state index is 0.0232. The quantitative estimate of drug-likeness (QED) is 0.853. The van der Waals surface area contributed by atoms with Gasteiger partial charge in [-0.3, -0.25) is 4.79 Å². The Bertz CT molecular complexity index is 722. The van der Waals surface area contributed by atoms with Gasteiger partial charge in [0.1, 0.15) is 5.75 Å². The average Bonchev–Trinajstić information content (AvgIpc) is 2.55. The topological polar surface area (TPSA) is 38.3 Å². The van der Waals surface area contributed by atoms with Crippen molar-refractivity contribution < 1.29 is 9.53 Å². The molecular formula is C21H27NO2. The summed E-state index contributed by atoms with van der Waals surface area (Å²) in [7, 11) is 1.67. The van der Waals surface area contributed by atoms with Crippen LogP contribution in [0.15, 0.2) is 36.4 Å². The third-order valence-electron chi connectivity index (χ3n) is 4.38. The largest absolute Gasteiger partial charge is 0.496 e. The maximum Gasteiger partial charge on any atom is 0.220 e. The minimum absolute atomic E-state index is 0.0232. The highest BCUT2D eigenvalue weighted by Crippen LogP contribution is 2.21. The Morgan fingerprint density at radius 3 is 2.50 bits per heavy atom. The van der Waals surface area contributed by atoms with Crippen LogP contribution >= 0.6 is 0 Å². The fourth-order valence-corrected chi connectivity index (χ4v) is 2.97. The molecule has 0 saturated carbocycles. The van der Waals surface area contributed by atoms with Gasteiger partial charge < -0.3 is 10.1 Å². The summed E-state index contributed by atoms with van der Waals surface area (Å²) >= 11 is 0. The highest BCUT2D eigenvalue weighted by atomic mass is 16.5. The fraction of sp³-hybridized carbons (Fsp3) is 0.381. The van der Waals surface area contributed by atoms with Gasteiger partial charge in [0, 0.05) is 6.42 Å². The van der Waals surface area contributed by atoms with E-state index in [-0.39, 0.29) is 11.9 Å². The molecule has 0 unspecified atom stereocenters. The van der Waals surface area contributed by atoms with Crippen molar-refractivity contribution in [3.05, 3.63) is 64.2 Å². The van der Waals surface area contributed by atoms with E-state index in [1.54, 1.807) is 7.11 Å². The van der Waals surface area contributed by atoms with Gasteiger partial charge >= 0.3 is 0 Å². The zero-order valence-corrected chi connectivity index (χ0v) is 15.3. The molecule has 2 aromatic rings. The molecule has 128 valence electrons. The van der Waals surface area contributed by atoms with Crippen LogP contribution in [0, 0.1) is 20.8 Å². The Morgan fingerprint density at radius 2 is 1.83 bits per heavy atom. The van der Waals surface area contributed by atoms with Crippen LogP contribution in [0.3, 0.4) is 0 Å². The van der Waals surface area contributed by atoms with Gasteiger partial charge in [-0.25, -0.2) is 0 Å². The molecule has 0 saturated heterocycles. The Hall–Kier alpha value is -2.29. The van der Waals surface area contributed by atoms with E-state index in [1.807, 2.05) is 26.0 Å². The first-order valence-electron chi connectivity index (χ1n) is 8.40. The van der Waals surface area contributed by atoms with Crippen molar-refractivity contribution in [3.63, 3.8) is 0 Å². The van der Waals surface area contributed by atoms with Crippen LogP contribution in [-0.2, 0) is 11.2 Å². The van der Waals surface area contributed by atoms with E-state index in [1.165, 1.54) is 16.7 Å². The zero-order chi connectivity index (χ0) is 17.7. The van der Waals surface area contributed by atoms with E-state index >= 15 is 0 Å². The lowest BCUT2D eigenvalue weighted by molar-refractivity contribution is -0.121. The second-order valence-electron chi connectivity index (χ2n) is 6.45. The normalized spacial score (nSPS) is 11.9. The summed E-state index contributed by atoms with van der Waals surface area (Å²) < 4.78 is 5.27. The van der Waals surface area contributed by atoms with E-state index in [2.05, 4.69) is 43.4 Å². The maximum atomic E-state index is 12.3. The van der Waals surface area contributed by atoms with Gasteiger partial charge in [-0.2, -0.15) is 0 Å². The molecule has 0 spiro atoms. The van der Waals surface area contributed by atoms with E-state index in [9.17, 15) is 4.79 Å². The van der Waals surface area contributed by atoms with Gasteiger partial charge in [-0.15, -0.1) is 0 Å². The van der Waals surface area contributed by atoms with Crippen LogP contribution in [-0.4, -0.2) is 13.0 Å². The first kappa shape index (κ1) is 18.1. The number of methoxy groups -OCH3 is 1. The van der Waals surface area contributed by atoms with Crippen LogP contribution in [0.5, 0.6) is 5.75 Å². The lowest BCUT2D eigenvalue weighted by atomic mass is 9.99. The molecule has 2 rings (SSSR count). The predicted octanol–water partition coefficient (Wildman–Crippen LogP) is 4.43. The second kappa shape index (κ2) is 8.00. The first-order chi connectivity index (χ1) is 11.4. The molecule has 24 heavy (non-hydrogen) atoms. The average molecular weight is 325 g/mol. The summed E-state index contributed by atoms with van der Waals surface area (Å²) in [4.78, 5) is 12.3. The van der Waals surface area contributed by atoms with Crippen LogP contribution in [0.2, 0.25) is 0 Å². The maximum absolute atomic E-state index is 12.3. The van der Waals surface area contributed by atoms with Gasteiger partial charge in [0.25, 0.3) is 0 Å². The molecule has 0 bridgehead atoms. The molecule has 0 radical (unpaired) electrons. The first-order valence-corrected chi connectivity index (χ1v) is 8.40. The lowest BCUT2D eigenvalue weighted by Gasteiger charge is -2.17. The number of hydrogen-bond donors (Lipinski definition) is 1. The van der Waals surface area contributed by atoms with Crippen molar-refractivity contribution in [1.29, 1.82) is 0 Å². The minimum Gasteiger partial charge on any atom is -0.496 e. The molecule has 1 amide bonds. The number of benzene rings is 2. The summed E-state index contributed by atoms with van der Waals surface area (Å²) in [5.41, 5.74) is 5.86. The third kappa shape index (κ3) is 4.60. The molecule has 1 N–H and O–H groups in total. The summed E-state index contributed by atoms with van der Waals surface area (Å²) in [6.07, 6.45) is 1.22. The molecule has 2 aromatic carbocycles. The van der Waals surface area contributed by atoms with Gasteiger partial charge in [-0.05, 0) is 62.4 Å². The van der Waals surface area contributed by atoms with Gasteiger partial charge in [0.15, 0.2) is 0 Å². The highest BCUT2D eigenvalue weighted by Gasteiger charge is 2.12. The molecule has 3 heteroatoms. The number of carbonyl (C=O) groups is 1. The van der Waals surface area contributed by atoms with Crippen molar-refractivity contribution >= 4 is 5.91 Å². The van der Waals surface area contributed by atoms with E-state index in [4.69, 9.17) is 4.74 Å². The number of carbonyl (C=O) groups excluding carboxylic acids is 1. The summed E-state index contributed by atoms with van der Waals surface area (Å²) in [5.74, 6) is 0.962. The number of ether oxygens (including phenoxy) is 1. The fourth-order valence-electron chi connectivity index (χ4n) is 2.97. The van der Waals surface area contributed by atoms with Gasteiger partial charge in [-0.1, -0.05) is 35.9 Å². The van der Waals surface area contributed by atoms with E-state index in [0.717, 1.165) is 23.3 Å². The van der Waals surface area contributed by atoms with Crippen LogP contribution < -0.4 is 10.1 Å². The number of hydrogen-bond acceptors (Lipinski definition) is 2. The van der Waals surface area contributed by atoms with Crippen LogP contribution in [0.4, 0.5) is 0 Å². The molecule has 0 aliphatic rings. The molecule has 0 aromatic heterocycles. The van der Waals surface area contributed by atoms with E-state index in [0.29, 0.717) is 6.42 Å². The van der Waals surface area contributed by atoms with Crippen molar-refractivity contribution in [2.75, 3.05) is 7.11 Å². The van der Waals surface area contributed by atoms with E-state index < -0.39 is 0 Å². The Kier molecular flexibility index (Phi) is 6.02. The number of amides is 1. The highest BCUT2D eigenvalue weighted by molar-refractivity contribution is 5.76. The van der Waals surface area contributed by atoms with Gasteiger partial charge in [0.05, 0.1) is 13.2 Å². The number of aryl methyl sites for hydroxylation is 4. The van der Waals surface area contributed by atoms with Crippen molar-refractivity contribution in [3.8, 4) is 5.75 Å². The SMILES string of the molecule is COc1ccc(CCC(=O)N[C@H](C)c2cc(C)ccc2C)cc1C. The van der Waals surface area contributed by atoms with Crippen molar-refractivity contribution in [2.45, 2.75) is 46.6 Å². The number of nitrogens with one attached hydrogen (secondary N) is 1. The number of rotatable bonds is 6. The summed E-state index contributed by atoms with van der Waals surface area (Å²) in [6, 6.07) is 12.4. The zero-order valence-electron chi connectivity index (χ0n) is 15.3. The van der Waals surface area contributed by atoms with Gasteiger partial charge in [0.2, 0.25) is 5.91 Å². The molecule has 0 aliphatic heterocycles. The lowest BCUT2D eigenvalue weighted by Crippen LogP contribution is -2.27. The molecule has 0 fully saturated rings. The molecular weight excluding hydrogens is 298 g/mol. The predicted molar refractivity (Wildman–Crippen MR) is 98.5 cm³/mol. The van der Waals surface area contributed by atoms with Crippen molar-refractivity contribution in [2.24, 2.45) is 0 Å². The van der Waals surface area contributed by atoms with Crippen LogP contribution in [0.1, 0.15) is 47.2 Å². The van der Waals surface area contributed by atoms with Crippen LogP contribution in [0.25, 0.3) is 0 Å². The molecule has 1 atom stereocenters.